The second kappa shape index (κ2) is 12.8. The lowest BCUT2D eigenvalue weighted by Gasteiger charge is -2.33. The molecule has 34 heavy (non-hydrogen) atoms. The van der Waals surface area contributed by atoms with E-state index in [0.717, 1.165) is 22.5 Å². The maximum atomic E-state index is 13.6. The number of hydrogen-bond acceptors (Lipinski definition) is 4. The first-order valence-electron chi connectivity index (χ1n) is 11.4. The lowest BCUT2D eigenvalue weighted by molar-refractivity contribution is -0.139. The predicted octanol–water partition coefficient (Wildman–Crippen LogP) is 3.87. The van der Waals surface area contributed by atoms with Crippen LogP contribution in [0.15, 0.2) is 54.6 Å². The largest absolute Gasteiger partial charge is 0.352 e. The molecule has 186 valence electrons. The molecule has 0 aliphatic heterocycles. The Kier molecular flexibility index (Phi) is 10.4. The van der Waals surface area contributed by atoms with E-state index in [-0.39, 0.29) is 29.2 Å². The summed E-state index contributed by atoms with van der Waals surface area (Å²) in [5.41, 5.74) is 1.24. The number of nitrogens with zero attached hydrogens (tertiary/aromatic N) is 2. The van der Waals surface area contributed by atoms with Crippen LogP contribution in [0.3, 0.4) is 0 Å². The van der Waals surface area contributed by atoms with Gasteiger partial charge in [-0.3, -0.25) is 13.9 Å². The van der Waals surface area contributed by atoms with E-state index in [9.17, 15) is 18.0 Å². The molecule has 2 aromatic carbocycles. The van der Waals surface area contributed by atoms with Gasteiger partial charge in [0.05, 0.1) is 17.0 Å². The summed E-state index contributed by atoms with van der Waals surface area (Å²) >= 11 is 6.25. The third-order valence-corrected chi connectivity index (χ3v) is 7.12. The van der Waals surface area contributed by atoms with Crippen molar-refractivity contribution in [3.8, 4) is 0 Å². The van der Waals surface area contributed by atoms with Gasteiger partial charge in [-0.15, -0.1) is 0 Å². The first-order chi connectivity index (χ1) is 16.1. The molecule has 2 amide bonds. The number of hydrogen-bond donors (Lipinski definition) is 1. The van der Waals surface area contributed by atoms with Gasteiger partial charge in [-0.2, -0.15) is 0 Å². The molecule has 1 N–H and O–H groups in total. The fourth-order valence-electron chi connectivity index (χ4n) is 3.59. The second-order valence-electron chi connectivity index (χ2n) is 8.29. The van der Waals surface area contributed by atoms with Gasteiger partial charge in [-0.05, 0) is 43.9 Å². The average Bonchev–Trinajstić information content (AvgIpc) is 2.80. The summed E-state index contributed by atoms with van der Waals surface area (Å²) in [4.78, 5) is 28.1. The van der Waals surface area contributed by atoms with Crippen molar-refractivity contribution in [2.45, 2.75) is 52.1 Å². The molecule has 0 spiro atoms. The van der Waals surface area contributed by atoms with Gasteiger partial charge < -0.3 is 10.2 Å². The number of amides is 2. The van der Waals surface area contributed by atoms with Crippen LogP contribution in [-0.4, -0.2) is 56.6 Å². The molecule has 2 aromatic rings. The van der Waals surface area contributed by atoms with Crippen molar-refractivity contribution >= 4 is 39.1 Å². The number of nitrogens with one attached hydrogen (secondary N) is 1. The summed E-state index contributed by atoms with van der Waals surface area (Å²) < 4.78 is 26.2. The van der Waals surface area contributed by atoms with Gasteiger partial charge in [-0.25, -0.2) is 8.42 Å². The van der Waals surface area contributed by atoms with Crippen molar-refractivity contribution in [2.75, 3.05) is 23.7 Å². The summed E-state index contributed by atoms with van der Waals surface area (Å²) in [5, 5.41) is 3.17. The van der Waals surface area contributed by atoms with E-state index in [1.165, 1.54) is 4.90 Å². The molecule has 0 aromatic heterocycles. The SMILES string of the molecule is CC[C@H](C)NC(=O)[C@H](CC)N(CCc1ccccc1)C(=O)CN(c1ccccc1Cl)S(C)(=O)=O. The summed E-state index contributed by atoms with van der Waals surface area (Å²) in [5.74, 6) is -0.714. The zero-order valence-electron chi connectivity index (χ0n) is 20.2. The highest BCUT2D eigenvalue weighted by molar-refractivity contribution is 7.92. The molecular formula is C25H34ClN3O4S. The highest BCUT2D eigenvalue weighted by Gasteiger charge is 2.32. The maximum Gasteiger partial charge on any atom is 0.244 e. The summed E-state index contributed by atoms with van der Waals surface area (Å²) in [6.45, 7) is 5.53. The van der Waals surface area contributed by atoms with Crippen LogP contribution in [0, 0.1) is 0 Å². The molecule has 0 unspecified atom stereocenters. The minimum atomic E-state index is -3.81. The van der Waals surface area contributed by atoms with Crippen LogP contribution >= 0.6 is 11.6 Å². The van der Waals surface area contributed by atoms with E-state index in [1.807, 2.05) is 51.1 Å². The number of sulfonamides is 1. The first kappa shape index (κ1) is 27.7. The van der Waals surface area contributed by atoms with Gasteiger partial charge in [0.25, 0.3) is 0 Å². The lowest BCUT2D eigenvalue weighted by atomic mass is 10.1. The third-order valence-electron chi connectivity index (χ3n) is 5.67. The van der Waals surface area contributed by atoms with E-state index in [1.54, 1.807) is 24.3 Å². The first-order valence-corrected chi connectivity index (χ1v) is 13.7. The molecule has 7 nitrogen and oxygen atoms in total. The van der Waals surface area contributed by atoms with Crippen LogP contribution in [0.5, 0.6) is 0 Å². The van der Waals surface area contributed by atoms with Crippen molar-refractivity contribution in [3.05, 3.63) is 65.2 Å². The number of carbonyl (C=O) groups excluding carboxylic acids is 2. The van der Waals surface area contributed by atoms with Gasteiger partial charge in [-0.1, -0.05) is 67.9 Å². The van der Waals surface area contributed by atoms with Crippen molar-refractivity contribution in [2.24, 2.45) is 0 Å². The molecule has 0 saturated carbocycles. The smallest absolute Gasteiger partial charge is 0.244 e. The molecule has 0 heterocycles. The number of benzene rings is 2. The predicted molar refractivity (Wildman–Crippen MR) is 137 cm³/mol. The van der Waals surface area contributed by atoms with Gasteiger partial charge >= 0.3 is 0 Å². The molecule has 2 rings (SSSR count). The summed E-state index contributed by atoms with van der Waals surface area (Å²) in [6.07, 6.45) is 2.72. The number of rotatable bonds is 12. The van der Waals surface area contributed by atoms with Crippen LogP contribution < -0.4 is 9.62 Å². The third kappa shape index (κ3) is 7.74. The van der Waals surface area contributed by atoms with Gasteiger partial charge in [0.2, 0.25) is 21.8 Å². The molecule has 0 radical (unpaired) electrons. The monoisotopic (exact) mass is 507 g/mol. The van der Waals surface area contributed by atoms with Crippen molar-refractivity contribution < 1.29 is 18.0 Å². The Morgan fingerprint density at radius 2 is 1.62 bits per heavy atom. The van der Waals surface area contributed by atoms with E-state index >= 15 is 0 Å². The quantitative estimate of drug-likeness (QED) is 0.472. The Balaban J connectivity index is 2.37. The standard InChI is InChI=1S/C25H34ClN3O4S/c1-5-19(3)27-25(31)22(6-2)28(17-16-20-12-8-7-9-13-20)24(30)18-29(34(4,32)33)23-15-11-10-14-21(23)26/h7-15,19,22H,5-6,16-18H2,1-4H3,(H,27,31)/t19-,22-/m0/s1. The molecule has 0 aliphatic rings. The Morgan fingerprint density at radius 1 is 1.00 bits per heavy atom. The number of carbonyl (C=O) groups is 2. The van der Waals surface area contributed by atoms with Crippen LogP contribution in [0.1, 0.15) is 39.2 Å². The van der Waals surface area contributed by atoms with E-state index in [0.29, 0.717) is 12.8 Å². The van der Waals surface area contributed by atoms with Gasteiger partial charge in [0, 0.05) is 12.6 Å². The van der Waals surface area contributed by atoms with Crippen LogP contribution in [0.2, 0.25) is 5.02 Å². The molecule has 2 atom stereocenters. The molecular weight excluding hydrogens is 474 g/mol. The Bertz CT molecular complexity index is 1060. The fraction of sp³-hybridized carbons (Fsp3) is 0.440. The van der Waals surface area contributed by atoms with Crippen LogP contribution in [-0.2, 0) is 26.0 Å². The molecule has 0 aliphatic carbocycles. The molecule has 9 heteroatoms. The van der Waals surface area contributed by atoms with Crippen LogP contribution in [0.4, 0.5) is 5.69 Å². The number of halogens is 1. The minimum Gasteiger partial charge on any atom is -0.352 e. The van der Waals surface area contributed by atoms with Crippen LogP contribution in [0.25, 0.3) is 0 Å². The van der Waals surface area contributed by atoms with Gasteiger partial charge in [0.1, 0.15) is 12.6 Å². The van der Waals surface area contributed by atoms with Crippen molar-refractivity contribution in [1.82, 2.24) is 10.2 Å². The average molecular weight is 508 g/mol. The molecule has 0 fully saturated rings. The normalized spacial score (nSPS) is 13.1. The van der Waals surface area contributed by atoms with E-state index < -0.39 is 28.5 Å². The number of para-hydroxylation sites is 1. The lowest BCUT2D eigenvalue weighted by Crippen LogP contribution is -2.54. The zero-order valence-corrected chi connectivity index (χ0v) is 21.8. The molecule has 0 saturated heterocycles. The second-order valence-corrected chi connectivity index (χ2v) is 10.6. The molecule has 0 bridgehead atoms. The fourth-order valence-corrected chi connectivity index (χ4v) is 4.74. The van der Waals surface area contributed by atoms with Crippen molar-refractivity contribution in [3.63, 3.8) is 0 Å². The van der Waals surface area contributed by atoms with Gasteiger partial charge in [0.15, 0.2) is 0 Å². The highest BCUT2D eigenvalue weighted by atomic mass is 35.5. The van der Waals surface area contributed by atoms with Crippen molar-refractivity contribution in [1.29, 1.82) is 0 Å². The summed E-state index contributed by atoms with van der Waals surface area (Å²) in [7, 11) is -3.81. The van der Waals surface area contributed by atoms with E-state index in [2.05, 4.69) is 5.32 Å². The Morgan fingerprint density at radius 3 is 2.18 bits per heavy atom. The summed E-state index contributed by atoms with van der Waals surface area (Å²) in [6, 6.07) is 15.4. The Hall–Kier alpha value is -2.58. The zero-order chi connectivity index (χ0) is 25.3. The maximum absolute atomic E-state index is 13.6. The highest BCUT2D eigenvalue weighted by Crippen LogP contribution is 2.27. The topological polar surface area (TPSA) is 86.8 Å². The minimum absolute atomic E-state index is 0.0386. The number of anilines is 1. The van der Waals surface area contributed by atoms with E-state index in [4.69, 9.17) is 11.6 Å². The Labute approximate surface area is 208 Å².